The van der Waals surface area contributed by atoms with E-state index < -0.39 is 5.92 Å². The third-order valence-corrected chi connectivity index (χ3v) is 4.19. The van der Waals surface area contributed by atoms with Gasteiger partial charge in [0.05, 0.1) is 0 Å². The molecule has 110 valence electrons. The number of rotatable bonds is 6. The molecule has 20 heavy (non-hydrogen) atoms. The van der Waals surface area contributed by atoms with E-state index in [4.69, 9.17) is 0 Å². The number of carbonyl (C=O) groups excluding carboxylic acids is 2. The predicted octanol–water partition coefficient (Wildman–Crippen LogP) is 3.53. The van der Waals surface area contributed by atoms with Crippen molar-refractivity contribution in [3.8, 4) is 0 Å². The molecular formula is C16H22O4. The Bertz CT molecular complexity index is 445. The van der Waals surface area contributed by atoms with Gasteiger partial charge in [0, 0.05) is 42.7 Å². The largest absolute Gasteiger partial charge is 0.512 e. The first-order valence-electron chi connectivity index (χ1n) is 7.46. The molecule has 2 rings (SSSR count). The molecule has 0 aromatic carbocycles. The minimum atomic E-state index is -0.411. The molecule has 0 aliphatic heterocycles. The molecule has 0 atom stereocenters. The summed E-state index contributed by atoms with van der Waals surface area (Å²) in [6, 6.07) is 0. The number of aliphatic hydroxyl groups is 2. The van der Waals surface area contributed by atoms with E-state index in [-0.39, 0.29) is 23.1 Å². The summed E-state index contributed by atoms with van der Waals surface area (Å²) in [5.41, 5.74) is 0.746. The second kappa shape index (κ2) is 6.25. The molecule has 0 radical (unpaired) electrons. The summed E-state index contributed by atoms with van der Waals surface area (Å²) in [4.78, 5) is 24.0. The standard InChI is InChI=1S/C16H22O4/c1-2-3-4-5-10(15-11(17)6-7-12(15)18)16-13(19)8-9-14(16)20/h10,17,19H,2-9H2,1H3. The molecule has 0 saturated carbocycles. The van der Waals surface area contributed by atoms with E-state index in [1.807, 2.05) is 0 Å². The van der Waals surface area contributed by atoms with Crippen LogP contribution in [0.2, 0.25) is 0 Å². The average molecular weight is 278 g/mol. The number of aliphatic hydroxyl groups excluding tert-OH is 2. The first kappa shape index (κ1) is 14.8. The van der Waals surface area contributed by atoms with Crippen molar-refractivity contribution in [1.82, 2.24) is 0 Å². The van der Waals surface area contributed by atoms with Crippen LogP contribution < -0.4 is 0 Å². The van der Waals surface area contributed by atoms with E-state index >= 15 is 0 Å². The quantitative estimate of drug-likeness (QED) is 0.729. The zero-order chi connectivity index (χ0) is 14.7. The maximum atomic E-state index is 12.0. The van der Waals surface area contributed by atoms with Gasteiger partial charge in [-0.05, 0) is 6.42 Å². The number of hydrogen-bond acceptors (Lipinski definition) is 4. The number of allylic oxidation sites excluding steroid dienone is 4. The average Bonchev–Trinajstić information content (AvgIpc) is 2.91. The molecule has 2 N–H and O–H groups in total. The number of Topliss-reactive ketones (excluding diaryl/α,β-unsaturated/α-hetero) is 2. The fraction of sp³-hybridized carbons (Fsp3) is 0.625. The van der Waals surface area contributed by atoms with Gasteiger partial charge in [0.1, 0.15) is 11.5 Å². The van der Waals surface area contributed by atoms with Crippen LogP contribution in [-0.4, -0.2) is 21.8 Å². The fourth-order valence-corrected chi connectivity index (χ4v) is 3.15. The van der Waals surface area contributed by atoms with Crippen molar-refractivity contribution in [2.24, 2.45) is 5.92 Å². The van der Waals surface area contributed by atoms with E-state index in [0.717, 1.165) is 19.3 Å². The van der Waals surface area contributed by atoms with E-state index in [2.05, 4.69) is 6.92 Å². The van der Waals surface area contributed by atoms with Crippen LogP contribution in [0.1, 0.15) is 58.3 Å². The molecule has 4 nitrogen and oxygen atoms in total. The third-order valence-electron chi connectivity index (χ3n) is 4.19. The highest BCUT2D eigenvalue weighted by molar-refractivity contribution is 6.04. The molecule has 4 heteroatoms. The zero-order valence-corrected chi connectivity index (χ0v) is 11.9. The van der Waals surface area contributed by atoms with Crippen LogP contribution in [0, 0.1) is 5.92 Å². The lowest BCUT2D eigenvalue weighted by molar-refractivity contribution is -0.115. The van der Waals surface area contributed by atoms with Crippen LogP contribution >= 0.6 is 0 Å². The van der Waals surface area contributed by atoms with Gasteiger partial charge in [-0.2, -0.15) is 0 Å². The highest BCUT2D eigenvalue weighted by atomic mass is 16.3. The predicted molar refractivity (Wildman–Crippen MR) is 75.4 cm³/mol. The molecule has 0 fully saturated rings. The van der Waals surface area contributed by atoms with Crippen LogP contribution in [0.4, 0.5) is 0 Å². The third kappa shape index (κ3) is 2.79. The molecule has 0 unspecified atom stereocenters. The van der Waals surface area contributed by atoms with Gasteiger partial charge in [-0.3, -0.25) is 9.59 Å². The summed E-state index contributed by atoms with van der Waals surface area (Å²) in [5.74, 6) is -0.354. The lowest BCUT2D eigenvalue weighted by atomic mass is 9.84. The van der Waals surface area contributed by atoms with Gasteiger partial charge in [0.15, 0.2) is 11.6 Å². The van der Waals surface area contributed by atoms with Crippen molar-refractivity contribution in [1.29, 1.82) is 0 Å². The van der Waals surface area contributed by atoms with Crippen LogP contribution in [0.25, 0.3) is 0 Å². The fourth-order valence-electron chi connectivity index (χ4n) is 3.15. The minimum Gasteiger partial charge on any atom is -0.512 e. The van der Waals surface area contributed by atoms with Crippen molar-refractivity contribution < 1.29 is 19.8 Å². The molecular weight excluding hydrogens is 256 g/mol. The maximum absolute atomic E-state index is 12.0. The van der Waals surface area contributed by atoms with Gasteiger partial charge in [0.2, 0.25) is 0 Å². The molecule has 0 heterocycles. The summed E-state index contributed by atoms with van der Waals surface area (Å²) in [7, 11) is 0. The van der Waals surface area contributed by atoms with E-state index in [0.29, 0.717) is 43.3 Å². The van der Waals surface area contributed by atoms with Crippen molar-refractivity contribution in [2.75, 3.05) is 0 Å². The number of ketones is 2. The molecule has 0 aromatic heterocycles. The van der Waals surface area contributed by atoms with Gasteiger partial charge in [-0.1, -0.05) is 26.2 Å². The minimum absolute atomic E-state index is 0.0796. The van der Waals surface area contributed by atoms with Gasteiger partial charge in [-0.25, -0.2) is 0 Å². The van der Waals surface area contributed by atoms with E-state index in [1.165, 1.54) is 0 Å². The monoisotopic (exact) mass is 278 g/mol. The summed E-state index contributed by atoms with van der Waals surface area (Å²) < 4.78 is 0. The van der Waals surface area contributed by atoms with Crippen molar-refractivity contribution in [3.05, 3.63) is 22.7 Å². The van der Waals surface area contributed by atoms with E-state index in [9.17, 15) is 19.8 Å². The molecule has 0 bridgehead atoms. The SMILES string of the molecule is CCCCCC(C1=C(O)CCC1=O)C1=C(O)CCC1=O. The Balaban J connectivity index is 2.30. The Labute approximate surface area is 119 Å². The number of carbonyl (C=O) groups is 2. The van der Waals surface area contributed by atoms with E-state index in [1.54, 1.807) is 0 Å². The Kier molecular flexibility index (Phi) is 4.63. The molecule has 0 saturated heterocycles. The highest BCUT2D eigenvalue weighted by Gasteiger charge is 2.37. The second-order valence-corrected chi connectivity index (χ2v) is 5.62. The topological polar surface area (TPSA) is 74.6 Å². The summed E-state index contributed by atoms with van der Waals surface area (Å²) in [6.07, 6.45) is 4.94. The normalized spacial score (nSPS) is 19.9. The van der Waals surface area contributed by atoms with Crippen LogP contribution in [-0.2, 0) is 9.59 Å². The molecule has 2 aliphatic carbocycles. The zero-order valence-electron chi connectivity index (χ0n) is 11.9. The van der Waals surface area contributed by atoms with Crippen LogP contribution in [0.5, 0.6) is 0 Å². The maximum Gasteiger partial charge on any atom is 0.163 e. The van der Waals surface area contributed by atoms with Gasteiger partial charge in [0.25, 0.3) is 0 Å². The Hall–Kier alpha value is -1.58. The van der Waals surface area contributed by atoms with Crippen molar-refractivity contribution in [2.45, 2.75) is 58.3 Å². The first-order chi connectivity index (χ1) is 9.56. The van der Waals surface area contributed by atoms with Crippen LogP contribution in [0.3, 0.4) is 0 Å². The summed E-state index contributed by atoms with van der Waals surface area (Å²) in [5, 5.41) is 19.9. The van der Waals surface area contributed by atoms with Crippen molar-refractivity contribution >= 4 is 11.6 Å². The first-order valence-corrected chi connectivity index (χ1v) is 7.46. The second-order valence-electron chi connectivity index (χ2n) is 5.62. The summed E-state index contributed by atoms with van der Waals surface area (Å²) >= 11 is 0. The molecule has 2 aliphatic rings. The molecule has 0 spiro atoms. The smallest absolute Gasteiger partial charge is 0.163 e. The Morgan fingerprint density at radius 3 is 1.75 bits per heavy atom. The van der Waals surface area contributed by atoms with Gasteiger partial charge < -0.3 is 10.2 Å². The van der Waals surface area contributed by atoms with Gasteiger partial charge in [-0.15, -0.1) is 0 Å². The van der Waals surface area contributed by atoms with Gasteiger partial charge >= 0.3 is 0 Å². The molecule has 0 amide bonds. The van der Waals surface area contributed by atoms with Crippen LogP contribution in [0.15, 0.2) is 22.7 Å². The molecule has 0 aromatic rings. The number of hydrogen-bond donors (Lipinski definition) is 2. The lowest BCUT2D eigenvalue weighted by Gasteiger charge is -2.19. The lowest BCUT2D eigenvalue weighted by Crippen LogP contribution is -2.18. The highest BCUT2D eigenvalue weighted by Crippen LogP contribution is 2.39. The Morgan fingerprint density at radius 2 is 1.40 bits per heavy atom. The summed E-state index contributed by atoms with van der Waals surface area (Å²) in [6.45, 7) is 2.09. The Morgan fingerprint density at radius 1 is 0.900 bits per heavy atom. The number of unbranched alkanes of at least 4 members (excludes halogenated alkanes) is 2. The van der Waals surface area contributed by atoms with Crippen molar-refractivity contribution in [3.63, 3.8) is 0 Å².